The van der Waals surface area contributed by atoms with Crippen LogP contribution in [0.2, 0.25) is 5.02 Å². The van der Waals surface area contributed by atoms with Gasteiger partial charge in [-0.3, -0.25) is 4.79 Å². The molecular formula is C17H18ClNOS2. The number of halogens is 1. The van der Waals surface area contributed by atoms with E-state index in [0.29, 0.717) is 12.3 Å². The molecule has 0 fully saturated rings. The van der Waals surface area contributed by atoms with Crippen LogP contribution in [-0.4, -0.2) is 24.0 Å². The lowest BCUT2D eigenvalue weighted by atomic mass is 10.2. The first kappa shape index (κ1) is 17.3. The Balaban J connectivity index is 1.57. The van der Waals surface area contributed by atoms with Crippen molar-refractivity contribution in [3.8, 4) is 0 Å². The topological polar surface area (TPSA) is 29.1 Å². The molecule has 1 N–H and O–H groups in total. The highest BCUT2D eigenvalue weighted by atomic mass is 35.5. The lowest BCUT2D eigenvalue weighted by Crippen LogP contribution is -2.27. The number of hydrogen-bond acceptors (Lipinski definition) is 3. The van der Waals surface area contributed by atoms with Gasteiger partial charge in [0.15, 0.2) is 0 Å². The molecule has 2 nitrogen and oxygen atoms in total. The van der Waals surface area contributed by atoms with Gasteiger partial charge in [-0.1, -0.05) is 48.0 Å². The third kappa shape index (κ3) is 6.34. The van der Waals surface area contributed by atoms with Crippen molar-refractivity contribution in [2.45, 2.75) is 10.6 Å². The van der Waals surface area contributed by atoms with Crippen LogP contribution in [0.4, 0.5) is 0 Å². The second-order valence-electron chi connectivity index (χ2n) is 4.60. The minimum atomic E-state index is 0.0747. The Bertz CT molecular complexity index is 592. The van der Waals surface area contributed by atoms with Crippen LogP contribution in [0, 0.1) is 0 Å². The normalized spacial score (nSPS) is 10.4. The monoisotopic (exact) mass is 351 g/mol. The number of carbonyl (C=O) groups is 1. The van der Waals surface area contributed by atoms with E-state index in [0.717, 1.165) is 22.1 Å². The number of rotatable bonds is 8. The van der Waals surface area contributed by atoms with Crippen LogP contribution < -0.4 is 5.32 Å². The molecule has 0 atom stereocenters. The summed E-state index contributed by atoms with van der Waals surface area (Å²) in [7, 11) is 0. The van der Waals surface area contributed by atoms with Crippen LogP contribution in [0.15, 0.2) is 59.5 Å². The van der Waals surface area contributed by atoms with Crippen LogP contribution in [0.25, 0.3) is 0 Å². The fourth-order valence-electron chi connectivity index (χ4n) is 1.80. The van der Waals surface area contributed by atoms with E-state index in [4.69, 9.17) is 11.6 Å². The van der Waals surface area contributed by atoms with Crippen molar-refractivity contribution < 1.29 is 4.79 Å². The SMILES string of the molecule is O=C(CSCc1ccccc1Cl)NCCSc1ccccc1. The molecule has 2 aromatic carbocycles. The molecule has 2 aromatic rings. The molecule has 0 saturated heterocycles. The quantitative estimate of drug-likeness (QED) is 0.561. The number of amides is 1. The molecule has 0 saturated carbocycles. The van der Waals surface area contributed by atoms with Crippen molar-refractivity contribution in [3.05, 3.63) is 65.2 Å². The smallest absolute Gasteiger partial charge is 0.230 e. The third-order valence-corrected chi connectivity index (χ3v) is 5.25. The van der Waals surface area contributed by atoms with Gasteiger partial charge in [-0.2, -0.15) is 0 Å². The van der Waals surface area contributed by atoms with Crippen molar-refractivity contribution in [1.82, 2.24) is 5.32 Å². The first-order valence-corrected chi connectivity index (χ1v) is 9.53. The van der Waals surface area contributed by atoms with Crippen molar-refractivity contribution >= 4 is 41.0 Å². The van der Waals surface area contributed by atoms with Gasteiger partial charge < -0.3 is 5.32 Å². The van der Waals surface area contributed by atoms with E-state index in [-0.39, 0.29) is 5.91 Å². The van der Waals surface area contributed by atoms with Crippen molar-refractivity contribution in [2.24, 2.45) is 0 Å². The number of carbonyl (C=O) groups excluding carboxylic acids is 1. The highest BCUT2D eigenvalue weighted by Gasteiger charge is 2.03. The Hall–Kier alpha value is -1.10. The fraction of sp³-hybridized carbons (Fsp3) is 0.235. The van der Waals surface area contributed by atoms with E-state index in [1.54, 1.807) is 23.5 Å². The average molecular weight is 352 g/mol. The molecule has 0 bridgehead atoms. The maximum atomic E-state index is 11.8. The first-order chi connectivity index (χ1) is 10.8. The largest absolute Gasteiger partial charge is 0.355 e. The molecule has 0 heterocycles. The minimum absolute atomic E-state index is 0.0747. The molecule has 0 aliphatic heterocycles. The molecule has 0 aromatic heterocycles. The van der Waals surface area contributed by atoms with Gasteiger partial charge in [0.2, 0.25) is 5.91 Å². The van der Waals surface area contributed by atoms with E-state index in [1.807, 2.05) is 42.5 Å². The van der Waals surface area contributed by atoms with E-state index in [2.05, 4.69) is 17.4 Å². The summed E-state index contributed by atoms with van der Waals surface area (Å²) in [5.41, 5.74) is 1.07. The van der Waals surface area contributed by atoms with Crippen molar-refractivity contribution in [1.29, 1.82) is 0 Å². The molecule has 5 heteroatoms. The number of benzene rings is 2. The second-order valence-corrected chi connectivity index (χ2v) is 7.16. The lowest BCUT2D eigenvalue weighted by molar-refractivity contribution is -0.118. The van der Waals surface area contributed by atoms with Crippen LogP contribution in [0.1, 0.15) is 5.56 Å². The van der Waals surface area contributed by atoms with Gasteiger partial charge in [0, 0.05) is 28.0 Å². The lowest BCUT2D eigenvalue weighted by Gasteiger charge is -2.06. The zero-order chi connectivity index (χ0) is 15.6. The number of thioether (sulfide) groups is 2. The van der Waals surface area contributed by atoms with Gasteiger partial charge >= 0.3 is 0 Å². The van der Waals surface area contributed by atoms with E-state index in [9.17, 15) is 4.79 Å². The van der Waals surface area contributed by atoms with E-state index in [1.165, 1.54) is 4.90 Å². The van der Waals surface area contributed by atoms with Gasteiger partial charge in [0.1, 0.15) is 0 Å². The Labute approximate surface area is 145 Å². The number of hydrogen-bond donors (Lipinski definition) is 1. The molecule has 116 valence electrons. The fourth-order valence-corrected chi connectivity index (χ4v) is 3.73. The Morgan fingerprint density at radius 2 is 1.77 bits per heavy atom. The van der Waals surface area contributed by atoms with Crippen LogP contribution >= 0.6 is 35.1 Å². The molecular weight excluding hydrogens is 334 g/mol. The van der Waals surface area contributed by atoms with Crippen molar-refractivity contribution in [3.63, 3.8) is 0 Å². The standard InChI is InChI=1S/C17H18ClNOS2/c18-16-9-5-4-6-14(16)12-21-13-17(20)19-10-11-22-15-7-2-1-3-8-15/h1-9H,10-13H2,(H,19,20). The minimum Gasteiger partial charge on any atom is -0.355 e. The second kappa shape index (κ2) is 9.82. The predicted molar refractivity (Wildman–Crippen MR) is 97.8 cm³/mol. The molecule has 0 aliphatic carbocycles. The summed E-state index contributed by atoms with van der Waals surface area (Å²) in [6.45, 7) is 0.686. The zero-order valence-corrected chi connectivity index (χ0v) is 14.5. The Morgan fingerprint density at radius 1 is 1.05 bits per heavy atom. The molecule has 0 aliphatic rings. The van der Waals surface area contributed by atoms with Gasteiger partial charge in [0.05, 0.1) is 5.75 Å². The van der Waals surface area contributed by atoms with Crippen LogP contribution in [0.5, 0.6) is 0 Å². The zero-order valence-electron chi connectivity index (χ0n) is 12.1. The highest BCUT2D eigenvalue weighted by Crippen LogP contribution is 2.20. The maximum Gasteiger partial charge on any atom is 0.230 e. The van der Waals surface area contributed by atoms with Gasteiger partial charge in [-0.25, -0.2) is 0 Å². The van der Waals surface area contributed by atoms with Crippen molar-refractivity contribution in [2.75, 3.05) is 18.1 Å². The van der Waals surface area contributed by atoms with Crippen LogP contribution in [-0.2, 0) is 10.5 Å². The average Bonchev–Trinajstić information content (AvgIpc) is 2.54. The summed E-state index contributed by atoms with van der Waals surface area (Å²) in [4.78, 5) is 13.0. The molecule has 0 radical (unpaired) electrons. The van der Waals surface area contributed by atoms with E-state index >= 15 is 0 Å². The summed E-state index contributed by atoms with van der Waals surface area (Å²) in [6.07, 6.45) is 0. The summed E-state index contributed by atoms with van der Waals surface area (Å²) >= 11 is 9.41. The van der Waals surface area contributed by atoms with Crippen LogP contribution in [0.3, 0.4) is 0 Å². The Kier molecular flexibility index (Phi) is 7.71. The van der Waals surface area contributed by atoms with Gasteiger partial charge in [-0.15, -0.1) is 23.5 Å². The Morgan fingerprint density at radius 3 is 2.55 bits per heavy atom. The highest BCUT2D eigenvalue weighted by molar-refractivity contribution is 7.99. The number of nitrogens with one attached hydrogen (secondary N) is 1. The maximum absolute atomic E-state index is 11.8. The summed E-state index contributed by atoms with van der Waals surface area (Å²) in [5, 5.41) is 3.70. The summed E-state index contributed by atoms with van der Waals surface area (Å²) < 4.78 is 0. The molecule has 1 amide bonds. The summed E-state index contributed by atoms with van der Waals surface area (Å²) in [6, 6.07) is 17.9. The molecule has 22 heavy (non-hydrogen) atoms. The molecule has 0 unspecified atom stereocenters. The predicted octanol–water partition coefficient (Wildman–Crippen LogP) is 4.48. The van der Waals surface area contributed by atoms with Gasteiger partial charge in [0.25, 0.3) is 0 Å². The van der Waals surface area contributed by atoms with Gasteiger partial charge in [-0.05, 0) is 23.8 Å². The first-order valence-electron chi connectivity index (χ1n) is 7.01. The third-order valence-electron chi connectivity index (χ3n) is 2.88. The molecule has 0 spiro atoms. The van der Waals surface area contributed by atoms with E-state index < -0.39 is 0 Å². The summed E-state index contributed by atoms with van der Waals surface area (Å²) in [5.74, 6) is 2.17. The molecule has 2 rings (SSSR count).